The molecule has 1 amide bonds. The van der Waals surface area contributed by atoms with Crippen LogP contribution < -0.4 is 5.32 Å². The van der Waals surface area contributed by atoms with E-state index in [0.717, 1.165) is 0 Å². The number of carbonyl (C=O) groups is 5. The molecular weight excluding hydrogens is 410 g/mol. The highest BCUT2D eigenvalue weighted by Gasteiger charge is 2.16. The standard InChI is InChI=1S/C21H19NO9/c1-28-18(24)12-4-6-13(7-5-12)21(27)31-11-17(23)22-16-9-14(19(25)29-2)8-15(10-16)20(26)30-3/h4-10H,11H2,1-3H3,(H,22,23). The molecule has 0 atom stereocenters. The molecule has 0 aliphatic carbocycles. The summed E-state index contributed by atoms with van der Waals surface area (Å²) in [5.74, 6) is -3.49. The van der Waals surface area contributed by atoms with Crippen LogP contribution in [0, 0.1) is 0 Å². The molecule has 2 rings (SSSR count). The predicted octanol–water partition coefficient (Wildman–Crippen LogP) is 1.84. The Kier molecular flexibility index (Phi) is 7.84. The lowest BCUT2D eigenvalue weighted by molar-refractivity contribution is -0.119. The van der Waals surface area contributed by atoms with Gasteiger partial charge in [-0.3, -0.25) is 4.79 Å². The first kappa shape index (κ1) is 23.1. The topological polar surface area (TPSA) is 134 Å². The third-order valence-electron chi connectivity index (χ3n) is 3.94. The van der Waals surface area contributed by atoms with Gasteiger partial charge in [-0.15, -0.1) is 0 Å². The fourth-order valence-corrected chi connectivity index (χ4v) is 2.44. The summed E-state index contributed by atoms with van der Waals surface area (Å²) in [6, 6.07) is 9.33. The molecule has 0 aromatic heterocycles. The number of hydrogen-bond donors (Lipinski definition) is 1. The zero-order valence-corrected chi connectivity index (χ0v) is 16.9. The molecule has 0 aliphatic rings. The molecule has 10 heteroatoms. The highest BCUT2D eigenvalue weighted by molar-refractivity contribution is 6.00. The van der Waals surface area contributed by atoms with Crippen LogP contribution in [0.4, 0.5) is 5.69 Å². The highest BCUT2D eigenvalue weighted by atomic mass is 16.5. The largest absolute Gasteiger partial charge is 0.465 e. The lowest BCUT2D eigenvalue weighted by atomic mass is 10.1. The second-order valence-electron chi connectivity index (χ2n) is 5.98. The van der Waals surface area contributed by atoms with Crippen molar-refractivity contribution in [3.05, 3.63) is 64.7 Å². The Balaban J connectivity index is 2.05. The van der Waals surface area contributed by atoms with Gasteiger partial charge < -0.3 is 24.3 Å². The van der Waals surface area contributed by atoms with E-state index in [2.05, 4.69) is 19.5 Å². The second-order valence-corrected chi connectivity index (χ2v) is 5.98. The van der Waals surface area contributed by atoms with Gasteiger partial charge in [0.1, 0.15) is 0 Å². The summed E-state index contributed by atoms with van der Waals surface area (Å²) in [5.41, 5.74) is 0.517. The van der Waals surface area contributed by atoms with Crippen LogP contribution >= 0.6 is 0 Å². The summed E-state index contributed by atoms with van der Waals surface area (Å²) in [6.07, 6.45) is 0. The van der Waals surface area contributed by atoms with Gasteiger partial charge in [0.25, 0.3) is 5.91 Å². The maximum Gasteiger partial charge on any atom is 0.338 e. The molecule has 31 heavy (non-hydrogen) atoms. The molecular formula is C21H19NO9. The van der Waals surface area contributed by atoms with Gasteiger partial charge in [-0.05, 0) is 42.5 Å². The number of hydrogen-bond acceptors (Lipinski definition) is 9. The van der Waals surface area contributed by atoms with Crippen LogP contribution in [-0.2, 0) is 23.7 Å². The summed E-state index contributed by atoms with van der Waals surface area (Å²) < 4.78 is 18.7. The van der Waals surface area contributed by atoms with Gasteiger partial charge in [0, 0.05) is 5.69 Å². The number of anilines is 1. The molecule has 10 nitrogen and oxygen atoms in total. The lowest BCUT2D eigenvalue weighted by Gasteiger charge is -2.10. The summed E-state index contributed by atoms with van der Waals surface area (Å²) in [4.78, 5) is 59.2. The van der Waals surface area contributed by atoms with Gasteiger partial charge in [0.05, 0.1) is 43.6 Å². The maximum atomic E-state index is 12.2. The zero-order valence-electron chi connectivity index (χ0n) is 16.9. The van der Waals surface area contributed by atoms with Gasteiger partial charge in [0.2, 0.25) is 0 Å². The Bertz CT molecular complexity index is 978. The van der Waals surface area contributed by atoms with Gasteiger partial charge in [-0.2, -0.15) is 0 Å². The van der Waals surface area contributed by atoms with Crippen molar-refractivity contribution in [2.75, 3.05) is 33.3 Å². The average Bonchev–Trinajstić information content (AvgIpc) is 2.80. The SMILES string of the molecule is COC(=O)c1ccc(C(=O)OCC(=O)Nc2cc(C(=O)OC)cc(C(=O)OC)c2)cc1. The van der Waals surface area contributed by atoms with E-state index in [-0.39, 0.29) is 27.9 Å². The molecule has 1 N–H and O–H groups in total. The van der Waals surface area contributed by atoms with Gasteiger partial charge in [-0.25, -0.2) is 19.2 Å². The van der Waals surface area contributed by atoms with Crippen molar-refractivity contribution in [2.45, 2.75) is 0 Å². The van der Waals surface area contributed by atoms with E-state index in [0.29, 0.717) is 0 Å². The van der Waals surface area contributed by atoms with E-state index in [1.807, 2.05) is 0 Å². The van der Waals surface area contributed by atoms with E-state index >= 15 is 0 Å². The van der Waals surface area contributed by atoms with Gasteiger partial charge >= 0.3 is 23.9 Å². The van der Waals surface area contributed by atoms with Crippen molar-refractivity contribution >= 4 is 35.5 Å². The number of carbonyl (C=O) groups excluding carboxylic acids is 5. The van der Waals surface area contributed by atoms with Crippen molar-refractivity contribution in [1.82, 2.24) is 0 Å². The second kappa shape index (κ2) is 10.5. The third kappa shape index (κ3) is 6.13. The van der Waals surface area contributed by atoms with Crippen LogP contribution in [0.25, 0.3) is 0 Å². The Morgan fingerprint density at radius 1 is 0.645 bits per heavy atom. The Labute approximate surface area is 177 Å². The van der Waals surface area contributed by atoms with E-state index in [1.165, 1.54) is 63.8 Å². The molecule has 0 heterocycles. The highest BCUT2D eigenvalue weighted by Crippen LogP contribution is 2.17. The monoisotopic (exact) mass is 429 g/mol. The molecule has 0 unspecified atom stereocenters. The lowest BCUT2D eigenvalue weighted by Crippen LogP contribution is -2.21. The molecule has 0 saturated carbocycles. The molecule has 0 spiro atoms. The molecule has 0 fully saturated rings. The first-order valence-corrected chi connectivity index (χ1v) is 8.76. The molecule has 0 saturated heterocycles. The van der Waals surface area contributed by atoms with E-state index in [1.54, 1.807) is 0 Å². The number of rotatable bonds is 7. The number of benzene rings is 2. The average molecular weight is 429 g/mol. The van der Waals surface area contributed by atoms with Crippen LogP contribution in [0.1, 0.15) is 41.4 Å². The van der Waals surface area contributed by atoms with Gasteiger partial charge in [0.15, 0.2) is 6.61 Å². The molecule has 0 radical (unpaired) electrons. The minimum atomic E-state index is -0.787. The summed E-state index contributed by atoms with van der Waals surface area (Å²) in [7, 11) is 3.57. The van der Waals surface area contributed by atoms with E-state index in [9.17, 15) is 24.0 Å². The molecule has 0 bridgehead atoms. The first-order chi connectivity index (χ1) is 14.8. The molecule has 0 aliphatic heterocycles. The smallest absolute Gasteiger partial charge is 0.338 e. The van der Waals surface area contributed by atoms with Crippen LogP contribution in [0.3, 0.4) is 0 Å². The van der Waals surface area contributed by atoms with Crippen molar-refractivity contribution in [2.24, 2.45) is 0 Å². The Hall–Kier alpha value is -4.21. The van der Waals surface area contributed by atoms with E-state index < -0.39 is 36.4 Å². The normalized spacial score (nSPS) is 9.90. The van der Waals surface area contributed by atoms with Crippen molar-refractivity contribution < 1.29 is 42.9 Å². The number of nitrogens with one attached hydrogen (secondary N) is 1. The van der Waals surface area contributed by atoms with Crippen LogP contribution in [0.15, 0.2) is 42.5 Å². The molecule has 2 aromatic carbocycles. The third-order valence-corrected chi connectivity index (χ3v) is 3.94. The predicted molar refractivity (Wildman–Crippen MR) is 106 cm³/mol. The summed E-state index contributed by atoms with van der Waals surface area (Å²) in [5, 5.41) is 2.43. The Morgan fingerprint density at radius 2 is 1.06 bits per heavy atom. The van der Waals surface area contributed by atoms with Crippen molar-refractivity contribution in [3.8, 4) is 0 Å². The van der Waals surface area contributed by atoms with Crippen molar-refractivity contribution in [1.29, 1.82) is 0 Å². The minimum absolute atomic E-state index is 0.0170. The van der Waals surface area contributed by atoms with Crippen LogP contribution in [0.2, 0.25) is 0 Å². The molecule has 162 valence electrons. The fraction of sp³-hybridized carbons (Fsp3) is 0.190. The number of ether oxygens (including phenoxy) is 4. The molecule has 2 aromatic rings. The minimum Gasteiger partial charge on any atom is -0.465 e. The number of methoxy groups -OCH3 is 3. The fourth-order valence-electron chi connectivity index (χ4n) is 2.44. The summed E-state index contributed by atoms with van der Waals surface area (Å²) in [6.45, 7) is -0.631. The van der Waals surface area contributed by atoms with E-state index in [4.69, 9.17) is 4.74 Å². The number of amides is 1. The summed E-state index contributed by atoms with van der Waals surface area (Å²) >= 11 is 0. The first-order valence-electron chi connectivity index (χ1n) is 8.76. The quantitative estimate of drug-likeness (QED) is 0.517. The maximum absolute atomic E-state index is 12.2. The zero-order chi connectivity index (χ0) is 23.0. The van der Waals surface area contributed by atoms with Gasteiger partial charge in [-0.1, -0.05) is 0 Å². The van der Waals surface area contributed by atoms with Crippen molar-refractivity contribution in [3.63, 3.8) is 0 Å². The van der Waals surface area contributed by atoms with Crippen LogP contribution in [-0.4, -0.2) is 57.7 Å². The Morgan fingerprint density at radius 3 is 1.52 bits per heavy atom. The number of esters is 4. The van der Waals surface area contributed by atoms with Crippen LogP contribution in [0.5, 0.6) is 0 Å².